The molecule has 86 valence electrons. The van der Waals surface area contributed by atoms with Gasteiger partial charge in [0.05, 0.1) is 13.0 Å². The van der Waals surface area contributed by atoms with E-state index in [9.17, 15) is 9.59 Å². The molecule has 0 saturated carbocycles. The quantitative estimate of drug-likeness (QED) is 0.634. The molecule has 1 N–H and O–H groups in total. The average Bonchev–Trinajstić information content (AvgIpc) is 2.14. The molecular weight excluding hydrogens is 196 g/mol. The summed E-state index contributed by atoms with van der Waals surface area (Å²) < 4.78 is 4.52. The molecule has 15 heavy (non-hydrogen) atoms. The van der Waals surface area contributed by atoms with Crippen LogP contribution in [0.4, 0.5) is 0 Å². The van der Waals surface area contributed by atoms with Gasteiger partial charge in [-0.05, 0) is 6.42 Å². The maximum atomic E-state index is 11.6. The Morgan fingerprint density at radius 3 is 2.60 bits per heavy atom. The van der Waals surface area contributed by atoms with Crippen LogP contribution in [0.25, 0.3) is 0 Å². The van der Waals surface area contributed by atoms with Crippen molar-refractivity contribution in [3.63, 3.8) is 0 Å². The molecule has 0 radical (unpaired) electrons. The molecule has 1 amide bonds. The lowest BCUT2D eigenvalue weighted by Crippen LogP contribution is -2.51. The van der Waals surface area contributed by atoms with Gasteiger partial charge in [-0.2, -0.15) is 0 Å². The number of methoxy groups -OCH3 is 1. The smallest absolute Gasteiger partial charge is 0.305 e. The van der Waals surface area contributed by atoms with Crippen molar-refractivity contribution < 1.29 is 14.3 Å². The van der Waals surface area contributed by atoms with Gasteiger partial charge in [-0.25, -0.2) is 0 Å². The lowest BCUT2D eigenvalue weighted by molar-refractivity contribution is -0.141. The van der Waals surface area contributed by atoms with Crippen LogP contribution in [0.3, 0.4) is 0 Å². The van der Waals surface area contributed by atoms with Gasteiger partial charge in [0.1, 0.15) is 0 Å². The Hall–Kier alpha value is -1.10. The lowest BCUT2D eigenvalue weighted by Gasteiger charge is -2.30. The fraction of sp³-hybridized carbons (Fsp3) is 0.800. The third-order valence-corrected chi connectivity index (χ3v) is 2.61. The molecule has 0 spiro atoms. The number of hydrogen-bond acceptors (Lipinski definition) is 4. The van der Waals surface area contributed by atoms with Crippen LogP contribution in [0, 0.1) is 5.92 Å². The van der Waals surface area contributed by atoms with Crippen molar-refractivity contribution in [2.24, 2.45) is 5.92 Å². The van der Waals surface area contributed by atoms with Gasteiger partial charge in [0.2, 0.25) is 5.91 Å². The van der Waals surface area contributed by atoms with Gasteiger partial charge in [0, 0.05) is 33.1 Å². The van der Waals surface area contributed by atoms with Crippen molar-refractivity contribution in [1.29, 1.82) is 0 Å². The first-order valence-corrected chi connectivity index (χ1v) is 5.17. The molecule has 1 aliphatic rings. The number of amides is 1. The van der Waals surface area contributed by atoms with E-state index in [1.807, 2.05) is 0 Å². The summed E-state index contributed by atoms with van der Waals surface area (Å²) in [5, 5.41) is 3.06. The first kappa shape index (κ1) is 12.0. The van der Waals surface area contributed by atoms with Crippen LogP contribution in [0.2, 0.25) is 0 Å². The summed E-state index contributed by atoms with van der Waals surface area (Å²) in [6.45, 7) is 2.17. The summed E-state index contributed by atoms with van der Waals surface area (Å²) in [4.78, 5) is 24.2. The number of ether oxygens (including phenoxy) is 1. The van der Waals surface area contributed by atoms with E-state index in [0.29, 0.717) is 19.4 Å². The molecular formula is C10H18N2O3. The molecule has 0 aromatic carbocycles. The van der Waals surface area contributed by atoms with Crippen molar-refractivity contribution in [2.45, 2.75) is 12.8 Å². The molecule has 0 aromatic rings. The van der Waals surface area contributed by atoms with Crippen LogP contribution in [-0.2, 0) is 14.3 Å². The van der Waals surface area contributed by atoms with Crippen LogP contribution in [0.15, 0.2) is 0 Å². The van der Waals surface area contributed by atoms with E-state index in [1.165, 1.54) is 7.11 Å². The van der Waals surface area contributed by atoms with E-state index in [1.54, 1.807) is 11.9 Å². The largest absolute Gasteiger partial charge is 0.469 e. The summed E-state index contributed by atoms with van der Waals surface area (Å²) in [5.74, 6) is 0.0768. The summed E-state index contributed by atoms with van der Waals surface area (Å²) >= 11 is 0. The molecule has 0 atom stereocenters. The predicted octanol–water partition coefficient (Wildman–Crippen LogP) is -0.383. The highest BCUT2D eigenvalue weighted by molar-refractivity contribution is 5.80. The van der Waals surface area contributed by atoms with E-state index < -0.39 is 0 Å². The van der Waals surface area contributed by atoms with Crippen molar-refractivity contribution in [2.75, 3.05) is 33.8 Å². The zero-order valence-corrected chi connectivity index (χ0v) is 9.28. The van der Waals surface area contributed by atoms with Crippen LogP contribution in [0.1, 0.15) is 12.8 Å². The Morgan fingerprint density at radius 1 is 1.47 bits per heavy atom. The summed E-state index contributed by atoms with van der Waals surface area (Å²) in [6, 6.07) is 0. The standard InChI is InChI=1S/C10H18N2O3/c1-12(5-3-4-9(13)15-2)10(14)8-6-11-7-8/h8,11H,3-7H2,1-2H3. The minimum atomic E-state index is -0.221. The number of carbonyl (C=O) groups is 2. The van der Waals surface area contributed by atoms with E-state index in [0.717, 1.165) is 13.1 Å². The molecule has 1 rings (SSSR count). The van der Waals surface area contributed by atoms with Crippen molar-refractivity contribution in [3.05, 3.63) is 0 Å². The molecule has 5 nitrogen and oxygen atoms in total. The maximum absolute atomic E-state index is 11.6. The SMILES string of the molecule is COC(=O)CCCN(C)C(=O)C1CNC1. The van der Waals surface area contributed by atoms with E-state index in [2.05, 4.69) is 10.1 Å². The Morgan fingerprint density at radius 2 is 2.13 bits per heavy atom. The van der Waals surface area contributed by atoms with E-state index in [4.69, 9.17) is 0 Å². The highest BCUT2D eigenvalue weighted by atomic mass is 16.5. The molecule has 1 heterocycles. The van der Waals surface area contributed by atoms with Crippen molar-refractivity contribution in [1.82, 2.24) is 10.2 Å². The number of rotatable bonds is 5. The number of carbonyl (C=O) groups excluding carboxylic acids is 2. The number of esters is 1. The minimum Gasteiger partial charge on any atom is -0.469 e. The highest BCUT2D eigenvalue weighted by Crippen LogP contribution is 2.07. The normalized spacial score (nSPS) is 15.6. The van der Waals surface area contributed by atoms with Crippen LogP contribution >= 0.6 is 0 Å². The van der Waals surface area contributed by atoms with Gasteiger partial charge in [-0.1, -0.05) is 0 Å². The Labute approximate surface area is 89.8 Å². The lowest BCUT2D eigenvalue weighted by atomic mass is 10.0. The molecule has 0 bridgehead atoms. The topological polar surface area (TPSA) is 58.6 Å². The first-order chi connectivity index (χ1) is 7.15. The van der Waals surface area contributed by atoms with Gasteiger partial charge in [-0.3, -0.25) is 9.59 Å². The molecule has 0 aromatic heterocycles. The second kappa shape index (κ2) is 5.70. The third kappa shape index (κ3) is 3.51. The van der Waals surface area contributed by atoms with Gasteiger partial charge in [0.15, 0.2) is 0 Å². The van der Waals surface area contributed by atoms with Crippen LogP contribution < -0.4 is 5.32 Å². The first-order valence-electron chi connectivity index (χ1n) is 5.17. The summed E-state index contributed by atoms with van der Waals surface area (Å²) in [6.07, 6.45) is 1.03. The molecule has 1 aliphatic heterocycles. The minimum absolute atomic E-state index is 0.133. The molecule has 5 heteroatoms. The monoisotopic (exact) mass is 214 g/mol. The van der Waals surface area contributed by atoms with Crippen molar-refractivity contribution >= 4 is 11.9 Å². The summed E-state index contributed by atoms with van der Waals surface area (Å²) in [5.41, 5.74) is 0. The van der Waals surface area contributed by atoms with Crippen LogP contribution in [-0.4, -0.2) is 50.6 Å². The number of nitrogens with zero attached hydrogens (tertiary/aromatic N) is 1. The molecule has 1 saturated heterocycles. The fourth-order valence-corrected chi connectivity index (χ4v) is 1.45. The predicted molar refractivity (Wildman–Crippen MR) is 55.2 cm³/mol. The average molecular weight is 214 g/mol. The Bertz CT molecular complexity index is 239. The van der Waals surface area contributed by atoms with E-state index in [-0.39, 0.29) is 17.8 Å². The van der Waals surface area contributed by atoms with Gasteiger partial charge >= 0.3 is 5.97 Å². The molecule has 0 unspecified atom stereocenters. The maximum Gasteiger partial charge on any atom is 0.305 e. The zero-order chi connectivity index (χ0) is 11.3. The fourth-order valence-electron chi connectivity index (χ4n) is 1.45. The molecule has 0 aliphatic carbocycles. The Kier molecular flexibility index (Phi) is 4.55. The number of hydrogen-bond donors (Lipinski definition) is 1. The Balaban J connectivity index is 2.14. The summed E-state index contributed by atoms with van der Waals surface area (Å²) in [7, 11) is 3.15. The second-order valence-electron chi connectivity index (χ2n) is 3.79. The molecule has 1 fully saturated rings. The number of nitrogens with one attached hydrogen (secondary N) is 1. The van der Waals surface area contributed by atoms with Crippen LogP contribution in [0.5, 0.6) is 0 Å². The zero-order valence-electron chi connectivity index (χ0n) is 9.28. The van der Waals surface area contributed by atoms with E-state index >= 15 is 0 Å². The van der Waals surface area contributed by atoms with Gasteiger partial charge < -0.3 is 15.0 Å². The van der Waals surface area contributed by atoms with Crippen molar-refractivity contribution in [3.8, 4) is 0 Å². The van der Waals surface area contributed by atoms with Gasteiger partial charge in [-0.15, -0.1) is 0 Å². The van der Waals surface area contributed by atoms with Gasteiger partial charge in [0.25, 0.3) is 0 Å². The second-order valence-corrected chi connectivity index (χ2v) is 3.79. The highest BCUT2D eigenvalue weighted by Gasteiger charge is 2.27. The third-order valence-electron chi connectivity index (χ3n) is 2.61.